The van der Waals surface area contributed by atoms with E-state index < -0.39 is 5.91 Å². The Balaban J connectivity index is 1.46. The van der Waals surface area contributed by atoms with E-state index in [4.69, 9.17) is 14.2 Å². The number of anilines is 1. The number of amides is 2. The van der Waals surface area contributed by atoms with Crippen molar-refractivity contribution in [1.82, 2.24) is 5.32 Å². The second-order valence-corrected chi connectivity index (χ2v) is 10.2. The number of amidine groups is 1. The van der Waals surface area contributed by atoms with E-state index in [9.17, 15) is 14.0 Å². The van der Waals surface area contributed by atoms with Crippen LogP contribution < -0.4 is 24.8 Å². The van der Waals surface area contributed by atoms with Gasteiger partial charge in [-0.05, 0) is 121 Å². The lowest BCUT2D eigenvalue weighted by Crippen LogP contribution is -2.20. The minimum absolute atomic E-state index is 0.254. The number of thioether (sulfide) groups is 1. The molecule has 0 unspecified atom stereocenters. The Morgan fingerprint density at radius 2 is 1.77 bits per heavy atom. The first-order chi connectivity index (χ1) is 18.8. The average molecular weight is 661 g/mol. The number of aliphatic imine (C=N–C) groups is 1. The summed E-state index contributed by atoms with van der Waals surface area (Å²) in [6, 6.07) is 16.3. The van der Waals surface area contributed by atoms with Gasteiger partial charge >= 0.3 is 0 Å². The quantitative estimate of drug-likeness (QED) is 0.200. The molecule has 0 aliphatic carbocycles. The molecule has 0 aromatic heterocycles. The maximum absolute atomic E-state index is 13.1. The number of benzene rings is 3. The van der Waals surface area contributed by atoms with Crippen LogP contribution in [0.5, 0.6) is 17.2 Å². The van der Waals surface area contributed by atoms with Crippen molar-refractivity contribution in [1.29, 1.82) is 0 Å². The maximum atomic E-state index is 13.1. The molecule has 0 spiro atoms. The molecule has 0 atom stereocenters. The van der Waals surface area contributed by atoms with Gasteiger partial charge in [-0.3, -0.25) is 9.59 Å². The third-order valence-corrected chi connectivity index (χ3v) is 6.85. The monoisotopic (exact) mass is 661 g/mol. The Kier molecular flexibility index (Phi) is 9.82. The van der Waals surface area contributed by atoms with Crippen molar-refractivity contribution >= 4 is 68.8 Å². The summed E-state index contributed by atoms with van der Waals surface area (Å²) < 4.78 is 30.8. The van der Waals surface area contributed by atoms with Crippen LogP contribution in [0.1, 0.15) is 19.4 Å². The highest BCUT2D eigenvalue weighted by atomic mass is 127. The number of halogens is 2. The molecule has 11 heteroatoms. The first-order valence-corrected chi connectivity index (χ1v) is 13.9. The fourth-order valence-electron chi connectivity index (χ4n) is 3.48. The first kappa shape index (κ1) is 28.4. The molecule has 4 rings (SSSR count). The summed E-state index contributed by atoms with van der Waals surface area (Å²) in [6.45, 7) is 4.45. The van der Waals surface area contributed by atoms with Gasteiger partial charge in [-0.25, -0.2) is 9.38 Å². The Bertz CT molecular complexity index is 1410. The molecule has 2 N–H and O–H groups in total. The fraction of sp³-hybridized carbons (Fsp3) is 0.179. The summed E-state index contributed by atoms with van der Waals surface area (Å²) in [5.74, 6) is 0.568. The number of hydrogen-bond acceptors (Lipinski definition) is 7. The molecule has 8 nitrogen and oxygen atoms in total. The highest BCUT2D eigenvalue weighted by Gasteiger charge is 2.24. The van der Waals surface area contributed by atoms with Crippen LogP contribution in [0.3, 0.4) is 0 Å². The molecule has 0 saturated carbocycles. The minimum atomic E-state index is -0.399. The van der Waals surface area contributed by atoms with E-state index in [0.717, 1.165) is 11.3 Å². The molecule has 1 heterocycles. The maximum Gasteiger partial charge on any atom is 0.264 e. The van der Waals surface area contributed by atoms with E-state index in [-0.39, 0.29) is 18.3 Å². The van der Waals surface area contributed by atoms with E-state index in [1.54, 1.807) is 12.1 Å². The summed E-state index contributed by atoms with van der Waals surface area (Å²) >= 11 is 3.33. The molecule has 0 bridgehead atoms. The van der Waals surface area contributed by atoms with Crippen LogP contribution in [0.2, 0.25) is 0 Å². The molecule has 3 aromatic carbocycles. The Morgan fingerprint density at radius 1 is 1.05 bits per heavy atom. The lowest BCUT2D eigenvalue weighted by Gasteiger charge is -2.15. The largest absolute Gasteiger partial charge is 0.494 e. The highest BCUT2D eigenvalue weighted by molar-refractivity contribution is 14.1. The highest BCUT2D eigenvalue weighted by Crippen LogP contribution is 2.36. The molecule has 1 saturated heterocycles. The van der Waals surface area contributed by atoms with E-state index >= 15 is 0 Å². The van der Waals surface area contributed by atoms with E-state index in [1.807, 2.05) is 44.2 Å². The third kappa shape index (κ3) is 7.96. The molecular weight excluding hydrogens is 636 g/mol. The molecule has 1 fully saturated rings. The molecule has 39 heavy (non-hydrogen) atoms. The van der Waals surface area contributed by atoms with Gasteiger partial charge in [0.15, 0.2) is 23.3 Å². The molecule has 0 radical (unpaired) electrons. The second-order valence-electron chi connectivity index (χ2n) is 8.02. The first-order valence-electron chi connectivity index (χ1n) is 12.0. The van der Waals surface area contributed by atoms with Crippen molar-refractivity contribution in [3.8, 4) is 17.2 Å². The zero-order valence-corrected chi connectivity index (χ0v) is 24.1. The third-order valence-electron chi connectivity index (χ3n) is 5.13. The van der Waals surface area contributed by atoms with Crippen molar-refractivity contribution in [2.24, 2.45) is 4.99 Å². The summed E-state index contributed by atoms with van der Waals surface area (Å²) in [7, 11) is 0. The van der Waals surface area contributed by atoms with Crippen molar-refractivity contribution in [2.75, 3.05) is 25.1 Å². The van der Waals surface area contributed by atoms with Gasteiger partial charge < -0.3 is 24.8 Å². The van der Waals surface area contributed by atoms with Gasteiger partial charge in [0.05, 0.1) is 27.4 Å². The van der Waals surface area contributed by atoms with E-state index in [1.165, 1.54) is 36.0 Å². The normalized spacial score (nSPS) is 14.8. The van der Waals surface area contributed by atoms with Gasteiger partial charge in [-0.15, -0.1) is 0 Å². The van der Waals surface area contributed by atoms with Gasteiger partial charge in [0.25, 0.3) is 11.8 Å². The Hall–Kier alpha value is -3.58. The number of hydrogen-bond donors (Lipinski definition) is 2. The predicted molar refractivity (Wildman–Crippen MR) is 159 cm³/mol. The summed E-state index contributed by atoms with van der Waals surface area (Å²) in [6.07, 6.45) is 1.75. The topological polar surface area (TPSA) is 98.3 Å². The summed E-state index contributed by atoms with van der Waals surface area (Å²) in [4.78, 5) is 29.9. The van der Waals surface area contributed by atoms with Gasteiger partial charge in [0.2, 0.25) is 0 Å². The second kappa shape index (κ2) is 13.5. The molecular formula is C28H25FIN3O5S. The fourth-order valence-corrected chi connectivity index (χ4v) is 5.10. The van der Waals surface area contributed by atoms with Crippen LogP contribution in [0.25, 0.3) is 6.08 Å². The Labute approximate surface area is 243 Å². The lowest BCUT2D eigenvalue weighted by atomic mass is 10.2. The smallest absolute Gasteiger partial charge is 0.264 e. The number of ether oxygens (including phenoxy) is 3. The SMILES string of the molecule is CCOc1ccc(N=C2NC(=O)/C(=C\c3cc(I)c(OCC(=O)Nc4ccc(F)cc4)c(OCC)c3)S2)cc1. The van der Waals surface area contributed by atoms with Crippen LogP contribution in [-0.2, 0) is 9.59 Å². The number of carbonyl (C=O) groups is 2. The molecule has 3 aromatic rings. The van der Waals surface area contributed by atoms with Crippen molar-refractivity contribution in [2.45, 2.75) is 13.8 Å². The lowest BCUT2D eigenvalue weighted by molar-refractivity contribution is -0.118. The van der Waals surface area contributed by atoms with Crippen LogP contribution in [0.4, 0.5) is 15.8 Å². The van der Waals surface area contributed by atoms with E-state index in [2.05, 4.69) is 38.2 Å². The van der Waals surface area contributed by atoms with Crippen molar-refractivity contribution in [3.63, 3.8) is 0 Å². The van der Waals surface area contributed by atoms with Crippen LogP contribution in [0, 0.1) is 9.39 Å². The minimum Gasteiger partial charge on any atom is -0.494 e. The molecule has 1 aliphatic rings. The molecule has 1 aliphatic heterocycles. The summed E-state index contributed by atoms with van der Waals surface area (Å²) in [5, 5.41) is 5.92. The predicted octanol–water partition coefficient (Wildman–Crippen LogP) is 6.14. The van der Waals surface area contributed by atoms with Gasteiger partial charge in [0, 0.05) is 5.69 Å². The Morgan fingerprint density at radius 3 is 2.46 bits per heavy atom. The van der Waals surface area contributed by atoms with Crippen LogP contribution in [0.15, 0.2) is 70.6 Å². The summed E-state index contributed by atoms with van der Waals surface area (Å²) in [5.41, 5.74) is 1.89. The zero-order chi connectivity index (χ0) is 27.8. The molecule has 202 valence electrons. The van der Waals surface area contributed by atoms with Gasteiger partial charge in [0.1, 0.15) is 11.6 Å². The number of nitrogens with one attached hydrogen (secondary N) is 2. The standard InChI is InChI=1S/C28H25FIN3O5S/c1-3-36-21-11-9-20(10-12-21)32-28-33-27(35)24(39-28)15-17-13-22(30)26(23(14-17)37-4-2)38-16-25(34)31-19-7-5-18(29)6-8-19/h5-15H,3-4,16H2,1-2H3,(H,31,34)(H,32,33,35)/b24-15+. The van der Waals surface area contributed by atoms with E-state index in [0.29, 0.717) is 49.7 Å². The van der Waals surface area contributed by atoms with Crippen molar-refractivity contribution in [3.05, 3.63) is 80.5 Å². The van der Waals surface area contributed by atoms with Crippen LogP contribution >= 0.6 is 34.4 Å². The number of carbonyl (C=O) groups excluding carboxylic acids is 2. The zero-order valence-electron chi connectivity index (χ0n) is 21.1. The number of rotatable bonds is 10. The van der Waals surface area contributed by atoms with Gasteiger partial charge in [-0.2, -0.15) is 0 Å². The average Bonchev–Trinajstić information content (AvgIpc) is 3.24. The van der Waals surface area contributed by atoms with Gasteiger partial charge in [-0.1, -0.05) is 0 Å². The number of nitrogens with zero attached hydrogens (tertiary/aromatic N) is 1. The van der Waals surface area contributed by atoms with Crippen molar-refractivity contribution < 1.29 is 28.2 Å². The van der Waals surface area contributed by atoms with Crippen LogP contribution in [-0.4, -0.2) is 36.8 Å². The molecule has 2 amide bonds.